The van der Waals surface area contributed by atoms with Gasteiger partial charge in [0, 0.05) is 52.9 Å². The molecule has 0 amide bonds. The van der Waals surface area contributed by atoms with E-state index in [1.807, 2.05) is 25.3 Å². The van der Waals surface area contributed by atoms with Crippen LogP contribution in [-0.2, 0) is 15.4 Å². The number of nitrogens with zero attached hydrogens (tertiary/aromatic N) is 3. The van der Waals surface area contributed by atoms with Crippen molar-refractivity contribution in [2.45, 2.75) is 24.2 Å². The molecule has 0 unspecified atom stereocenters. The van der Waals surface area contributed by atoms with Gasteiger partial charge in [0.1, 0.15) is 4.90 Å². The zero-order valence-electron chi connectivity index (χ0n) is 19.8. The highest BCUT2D eigenvalue weighted by Gasteiger charge is 2.37. The molecular weight excluding hydrogens is 502 g/mol. The number of hydrogen-bond donors (Lipinski definition) is 2. The molecule has 1 heterocycles. The van der Waals surface area contributed by atoms with E-state index < -0.39 is 14.9 Å². The van der Waals surface area contributed by atoms with Gasteiger partial charge in [-0.05, 0) is 48.0 Å². The second-order valence-electron chi connectivity index (χ2n) is 8.69. The molecule has 0 saturated carbocycles. The summed E-state index contributed by atoms with van der Waals surface area (Å²) in [5, 5.41) is 15.9. The Hall–Kier alpha value is -3.89. The summed E-state index contributed by atoms with van der Waals surface area (Å²) in [5.41, 5.74) is 5.75. The molecule has 0 aliphatic carbocycles. The van der Waals surface area contributed by atoms with E-state index in [1.54, 1.807) is 0 Å². The normalized spacial score (nSPS) is 15.8. The molecule has 3 aromatic rings. The zero-order chi connectivity index (χ0) is 26.1. The first kappa shape index (κ1) is 25.2. The molecule has 186 valence electrons. The van der Waals surface area contributed by atoms with Gasteiger partial charge in [-0.1, -0.05) is 43.6 Å². The smallest absolute Gasteiger partial charge is 0.270 e. The Morgan fingerprint density at radius 3 is 2.44 bits per heavy atom. The highest BCUT2D eigenvalue weighted by atomic mass is 35.5. The van der Waals surface area contributed by atoms with Crippen molar-refractivity contribution in [3.63, 3.8) is 0 Å². The number of anilines is 3. The first-order valence-corrected chi connectivity index (χ1v) is 12.8. The summed E-state index contributed by atoms with van der Waals surface area (Å²) >= 11 is 5.87. The van der Waals surface area contributed by atoms with Gasteiger partial charge in [-0.3, -0.25) is 20.3 Å². The lowest BCUT2D eigenvalue weighted by atomic mass is 9.84. The second-order valence-corrected chi connectivity index (χ2v) is 10.8. The molecule has 0 saturated heterocycles. The van der Waals surface area contributed by atoms with Crippen molar-refractivity contribution in [2.75, 3.05) is 22.1 Å². The lowest BCUT2D eigenvalue weighted by molar-refractivity contribution is -0.385. The van der Waals surface area contributed by atoms with E-state index in [2.05, 4.69) is 46.1 Å². The van der Waals surface area contributed by atoms with Crippen LogP contribution >= 0.6 is 11.6 Å². The summed E-state index contributed by atoms with van der Waals surface area (Å²) in [4.78, 5) is 12.4. The van der Waals surface area contributed by atoms with E-state index in [0.717, 1.165) is 17.5 Å². The predicted molar refractivity (Wildman–Crippen MR) is 143 cm³/mol. The molecule has 3 aromatic carbocycles. The first-order chi connectivity index (χ1) is 17.0. The van der Waals surface area contributed by atoms with Gasteiger partial charge >= 0.3 is 0 Å². The number of non-ortho nitro benzene ring substituents is 1. The number of sulfonamides is 1. The maximum absolute atomic E-state index is 13.1. The van der Waals surface area contributed by atoms with Gasteiger partial charge in [0.15, 0.2) is 0 Å². The summed E-state index contributed by atoms with van der Waals surface area (Å²) in [5.74, 6) is 0. The van der Waals surface area contributed by atoms with E-state index in [1.165, 1.54) is 48.2 Å². The maximum atomic E-state index is 13.1. The van der Waals surface area contributed by atoms with E-state index in [-0.39, 0.29) is 27.4 Å². The van der Waals surface area contributed by atoms with Gasteiger partial charge in [-0.15, -0.1) is 0 Å². The van der Waals surface area contributed by atoms with Crippen LogP contribution in [0.5, 0.6) is 0 Å². The molecule has 0 fully saturated rings. The van der Waals surface area contributed by atoms with Crippen molar-refractivity contribution >= 4 is 50.6 Å². The van der Waals surface area contributed by atoms with Gasteiger partial charge in [-0.25, -0.2) is 8.42 Å². The number of benzene rings is 3. The molecule has 0 radical (unpaired) electrons. The number of halogens is 1. The summed E-state index contributed by atoms with van der Waals surface area (Å²) < 4.78 is 28.6. The van der Waals surface area contributed by atoms with Crippen LogP contribution in [-0.4, -0.2) is 26.6 Å². The highest BCUT2D eigenvalue weighted by Crippen LogP contribution is 2.46. The van der Waals surface area contributed by atoms with Gasteiger partial charge in [0.2, 0.25) is 0 Å². The van der Waals surface area contributed by atoms with Crippen molar-refractivity contribution in [2.24, 2.45) is 5.10 Å². The van der Waals surface area contributed by atoms with Crippen LogP contribution in [0.15, 0.2) is 88.5 Å². The standard InChI is InChI=1S/C25H24ClN5O4S/c1-25(2)20-6-4-5-7-22(20)30(3)24(25)14-15-27-28-21-13-12-19(31(32)33)16-23(21)36(34,35)29-18-10-8-17(26)9-11-18/h4-16,28-29H,1-3H3/b24-14-,27-15+. The van der Waals surface area contributed by atoms with E-state index >= 15 is 0 Å². The molecule has 11 heteroatoms. The van der Waals surface area contributed by atoms with Crippen LogP contribution in [0.3, 0.4) is 0 Å². The molecule has 1 aliphatic heterocycles. The Kier molecular flexibility index (Phi) is 6.75. The fourth-order valence-electron chi connectivity index (χ4n) is 4.18. The molecule has 9 nitrogen and oxygen atoms in total. The number of fused-ring (bicyclic) bond motifs is 1. The van der Waals surface area contributed by atoms with E-state index in [0.29, 0.717) is 5.02 Å². The maximum Gasteiger partial charge on any atom is 0.270 e. The van der Waals surface area contributed by atoms with Crippen molar-refractivity contribution < 1.29 is 13.3 Å². The van der Waals surface area contributed by atoms with Gasteiger partial charge in [-0.2, -0.15) is 5.10 Å². The Morgan fingerprint density at radius 1 is 1.08 bits per heavy atom. The minimum absolute atomic E-state index is 0.0824. The van der Waals surface area contributed by atoms with Gasteiger partial charge in [0.25, 0.3) is 15.7 Å². The number of allylic oxidation sites excluding steroid dienone is 2. The van der Waals surface area contributed by atoms with Gasteiger partial charge in [0.05, 0.1) is 10.6 Å². The summed E-state index contributed by atoms with van der Waals surface area (Å²) in [6.45, 7) is 4.23. The third kappa shape index (κ3) is 4.91. The minimum Gasteiger partial charge on any atom is -0.347 e. The van der Waals surface area contributed by atoms with Crippen molar-refractivity contribution in [1.82, 2.24) is 0 Å². The Labute approximate surface area is 214 Å². The number of hydrogen-bond acceptors (Lipinski definition) is 7. The zero-order valence-corrected chi connectivity index (χ0v) is 21.3. The third-order valence-electron chi connectivity index (χ3n) is 5.99. The molecule has 0 bridgehead atoms. The number of rotatable bonds is 7. The van der Waals surface area contributed by atoms with Crippen LogP contribution in [0, 0.1) is 10.1 Å². The molecular formula is C25H24ClN5O4S. The number of likely N-dealkylation sites (N-methyl/N-ethyl adjacent to an activating group) is 1. The van der Waals surface area contributed by atoms with Crippen molar-refractivity contribution in [3.05, 3.63) is 99.2 Å². The number of hydrazone groups is 1. The van der Waals surface area contributed by atoms with E-state index in [9.17, 15) is 18.5 Å². The van der Waals surface area contributed by atoms with Crippen LogP contribution < -0.4 is 15.0 Å². The lowest BCUT2D eigenvalue weighted by Crippen LogP contribution is -2.23. The Balaban J connectivity index is 1.62. The van der Waals surface area contributed by atoms with Crippen LogP contribution in [0.25, 0.3) is 0 Å². The monoisotopic (exact) mass is 525 g/mol. The Morgan fingerprint density at radius 2 is 1.78 bits per heavy atom. The lowest BCUT2D eigenvalue weighted by Gasteiger charge is -2.23. The summed E-state index contributed by atoms with van der Waals surface area (Å²) in [6.07, 6.45) is 3.38. The fourth-order valence-corrected chi connectivity index (χ4v) is 5.55. The molecule has 4 rings (SSSR count). The molecule has 0 atom stereocenters. The average molecular weight is 526 g/mol. The topological polar surface area (TPSA) is 117 Å². The molecule has 0 aromatic heterocycles. The fraction of sp³-hybridized carbons (Fsp3) is 0.160. The third-order valence-corrected chi connectivity index (χ3v) is 7.67. The van der Waals surface area contributed by atoms with Gasteiger partial charge < -0.3 is 4.90 Å². The SMILES string of the molecule is CN1/C(=C\C=N\Nc2ccc([N+](=O)[O-])cc2S(=O)(=O)Nc2ccc(Cl)cc2)C(C)(C)c2ccccc21. The summed E-state index contributed by atoms with van der Waals surface area (Å²) in [6, 6.07) is 17.7. The van der Waals surface area contributed by atoms with Crippen LogP contribution in [0.4, 0.5) is 22.7 Å². The predicted octanol–water partition coefficient (Wildman–Crippen LogP) is 5.76. The second kappa shape index (κ2) is 9.63. The minimum atomic E-state index is -4.19. The number of nitrogens with one attached hydrogen (secondary N) is 2. The molecule has 2 N–H and O–H groups in total. The van der Waals surface area contributed by atoms with Crippen LogP contribution in [0.1, 0.15) is 19.4 Å². The average Bonchev–Trinajstić information content (AvgIpc) is 3.03. The van der Waals surface area contributed by atoms with Crippen molar-refractivity contribution in [3.8, 4) is 0 Å². The van der Waals surface area contributed by atoms with Crippen molar-refractivity contribution in [1.29, 1.82) is 0 Å². The summed E-state index contributed by atoms with van der Waals surface area (Å²) in [7, 11) is -2.21. The number of para-hydroxylation sites is 1. The highest BCUT2D eigenvalue weighted by molar-refractivity contribution is 7.92. The van der Waals surface area contributed by atoms with Crippen LogP contribution in [0.2, 0.25) is 5.02 Å². The Bertz CT molecular complexity index is 1480. The molecule has 0 spiro atoms. The quantitative estimate of drug-likeness (QED) is 0.230. The van der Waals surface area contributed by atoms with E-state index in [4.69, 9.17) is 11.6 Å². The molecule has 36 heavy (non-hydrogen) atoms. The molecule has 1 aliphatic rings. The number of nitro benzene ring substituents is 1. The largest absolute Gasteiger partial charge is 0.347 e. The number of nitro groups is 1. The first-order valence-electron chi connectivity index (χ1n) is 10.9.